The van der Waals surface area contributed by atoms with Crippen molar-refractivity contribution in [1.82, 2.24) is 10.2 Å². The van der Waals surface area contributed by atoms with Crippen LogP contribution in [0.3, 0.4) is 0 Å². The Morgan fingerprint density at radius 3 is 2.63 bits per heavy atom. The van der Waals surface area contributed by atoms with Gasteiger partial charge in [0, 0.05) is 13.1 Å². The lowest BCUT2D eigenvalue weighted by Crippen LogP contribution is -2.34. The second-order valence-corrected chi connectivity index (χ2v) is 6.04. The molecule has 0 saturated carbocycles. The lowest BCUT2D eigenvalue weighted by molar-refractivity contribution is 0.188. The van der Waals surface area contributed by atoms with Gasteiger partial charge in [-0.3, -0.25) is 4.99 Å². The minimum Gasteiger partial charge on any atom is -0.370 e. The van der Waals surface area contributed by atoms with E-state index in [9.17, 15) is 0 Å². The van der Waals surface area contributed by atoms with Crippen molar-refractivity contribution in [2.24, 2.45) is 22.6 Å². The van der Waals surface area contributed by atoms with Gasteiger partial charge in [-0.15, -0.1) is 0 Å². The second kappa shape index (κ2) is 9.18. The molecule has 0 aromatic rings. The zero-order valence-electron chi connectivity index (χ0n) is 13.0. The summed E-state index contributed by atoms with van der Waals surface area (Å²) in [7, 11) is 0. The van der Waals surface area contributed by atoms with E-state index < -0.39 is 0 Å². The number of nitrogens with two attached hydrogens (primary N) is 1. The first-order valence-corrected chi connectivity index (χ1v) is 7.88. The molecule has 0 aromatic carbocycles. The van der Waals surface area contributed by atoms with Gasteiger partial charge in [-0.1, -0.05) is 20.8 Å². The Hall–Kier alpha value is -0.770. The van der Waals surface area contributed by atoms with Crippen molar-refractivity contribution in [2.45, 2.75) is 46.5 Å². The van der Waals surface area contributed by atoms with Crippen LogP contribution in [0.2, 0.25) is 0 Å². The first-order valence-electron chi connectivity index (χ1n) is 7.88. The van der Waals surface area contributed by atoms with Gasteiger partial charge in [0.1, 0.15) is 0 Å². The van der Waals surface area contributed by atoms with Gasteiger partial charge in [0.2, 0.25) is 0 Å². The van der Waals surface area contributed by atoms with Gasteiger partial charge >= 0.3 is 0 Å². The molecule has 0 aliphatic carbocycles. The maximum Gasteiger partial charge on any atom is 0.188 e. The molecular formula is C15H32N4. The van der Waals surface area contributed by atoms with E-state index in [2.05, 4.69) is 36.0 Å². The fourth-order valence-electron chi connectivity index (χ4n) is 2.50. The van der Waals surface area contributed by atoms with Crippen LogP contribution < -0.4 is 11.1 Å². The third-order valence-corrected chi connectivity index (χ3v) is 4.00. The third kappa shape index (κ3) is 7.41. The van der Waals surface area contributed by atoms with Crippen molar-refractivity contribution in [3.63, 3.8) is 0 Å². The zero-order valence-corrected chi connectivity index (χ0v) is 13.0. The van der Waals surface area contributed by atoms with Crippen LogP contribution in [-0.2, 0) is 0 Å². The van der Waals surface area contributed by atoms with Gasteiger partial charge in [0.25, 0.3) is 0 Å². The molecule has 1 aliphatic heterocycles. The lowest BCUT2D eigenvalue weighted by Gasteiger charge is -2.30. The molecule has 1 heterocycles. The number of nitrogens with zero attached hydrogens (tertiary/aromatic N) is 2. The second-order valence-electron chi connectivity index (χ2n) is 6.04. The maximum atomic E-state index is 5.85. The number of nitrogens with one attached hydrogen (secondary N) is 1. The standard InChI is InChI=1S/C15H32N4/c1-4-19-11-7-14(8-12-19)6-10-18-15(16)17-9-5-13(2)3/h13-14H,4-12H2,1-3H3,(H3,16,17,18). The van der Waals surface area contributed by atoms with Crippen molar-refractivity contribution in [3.05, 3.63) is 0 Å². The van der Waals surface area contributed by atoms with Crippen LogP contribution in [0.1, 0.15) is 46.5 Å². The van der Waals surface area contributed by atoms with Crippen LogP contribution in [0, 0.1) is 11.8 Å². The predicted octanol–water partition coefficient (Wildman–Crippen LogP) is 2.06. The molecular weight excluding hydrogens is 236 g/mol. The molecule has 19 heavy (non-hydrogen) atoms. The van der Waals surface area contributed by atoms with Crippen LogP contribution in [0.25, 0.3) is 0 Å². The molecule has 0 amide bonds. The van der Waals surface area contributed by atoms with Gasteiger partial charge < -0.3 is 16.0 Å². The fraction of sp³-hybridized carbons (Fsp3) is 0.933. The normalized spacial score (nSPS) is 19.1. The largest absolute Gasteiger partial charge is 0.370 e. The summed E-state index contributed by atoms with van der Waals surface area (Å²) in [5.74, 6) is 2.17. The monoisotopic (exact) mass is 268 g/mol. The van der Waals surface area contributed by atoms with Gasteiger partial charge in [-0.2, -0.15) is 0 Å². The van der Waals surface area contributed by atoms with E-state index in [1.54, 1.807) is 0 Å². The molecule has 0 spiro atoms. The molecule has 0 bridgehead atoms. The summed E-state index contributed by atoms with van der Waals surface area (Å²) >= 11 is 0. The molecule has 1 rings (SSSR count). The summed E-state index contributed by atoms with van der Waals surface area (Å²) in [6, 6.07) is 0. The molecule has 0 aromatic heterocycles. The minimum absolute atomic E-state index is 0.617. The summed E-state index contributed by atoms with van der Waals surface area (Å²) in [6.07, 6.45) is 4.98. The molecule has 1 fully saturated rings. The Bertz CT molecular complexity index is 255. The van der Waals surface area contributed by atoms with E-state index in [4.69, 9.17) is 5.73 Å². The average molecular weight is 268 g/mol. The van der Waals surface area contributed by atoms with Crippen molar-refractivity contribution >= 4 is 5.96 Å². The molecule has 3 N–H and O–H groups in total. The van der Waals surface area contributed by atoms with Gasteiger partial charge in [0.05, 0.1) is 0 Å². The van der Waals surface area contributed by atoms with Crippen LogP contribution in [0.4, 0.5) is 0 Å². The summed E-state index contributed by atoms with van der Waals surface area (Å²) in [5, 5.41) is 3.19. The van der Waals surface area contributed by atoms with E-state index in [1.165, 1.54) is 38.9 Å². The molecule has 0 atom stereocenters. The summed E-state index contributed by atoms with van der Waals surface area (Å²) in [4.78, 5) is 6.95. The van der Waals surface area contributed by atoms with E-state index in [1.807, 2.05) is 0 Å². The highest BCUT2D eigenvalue weighted by Crippen LogP contribution is 2.19. The Labute approximate surface area is 118 Å². The Kier molecular flexibility index (Phi) is 7.87. The highest BCUT2D eigenvalue weighted by molar-refractivity contribution is 5.77. The highest BCUT2D eigenvalue weighted by atomic mass is 15.1. The van der Waals surface area contributed by atoms with E-state index in [0.29, 0.717) is 11.9 Å². The number of rotatable bonds is 7. The Balaban J connectivity index is 2.08. The first kappa shape index (κ1) is 16.3. The third-order valence-electron chi connectivity index (χ3n) is 4.00. The topological polar surface area (TPSA) is 53.6 Å². The number of piperidine rings is 1. The van der Waals surface area contributed by atoms with Crippen LogP contribution in [-0.4, -0.2) is 43.6 Å². The van der Waals surface area contributed by atoms with Gasteiger partial charge in [-0.05, 0) is 57.2 Å². The van der Waals surface area contributed by atoms with Gasteiger partial charge in [-0.25, -0.2) is 0 Å². The fourth-order valence-corrected chi connectivity index (χ4v) is 2.50. The Morgan fingerprint density at radius 1 is 1.37 bits per heavy atom. The quantitative estimate of drug-likeness (QED) is 0.549. The first-order chi connectivity index (χ1) is 9.11. The lowest BCUT2D eigenvalue weighted by atomic mass is 9.94. The van der Waals surface area contributed by atoms with E-state index in [0.717, 1.165) is 25.4 Å². The molecule has 4 nitrogen and oxygen atoms in total. The van der Waals surface area contributed by atoms with E-state index >= 15 is 0 Å². The van der Waals surface area contributed by atoms with Crippen molar-refractivity contribution in [3.8, 4) is 0 Å². The summed E-state index contributed by atoms with van der Waals surface area (Å²) in [5.41, 5.74) is 5.85. The van der Waals surface area contributed by atoms with Crippen molar-refractivity contribution in [2.75, 3.05) is 32.7 Å². The number of aliphatic imine (C=N–C) groups is 1. The molecule has 4 heteroatoms. The Morgan fingerprint density at radius 2 is 2.05 bits per heavy atom. The van der Waals surface area contributed by atoms with Crippen LogP contribution >= 0.6 is 0 Å². The van der Waals surface area contributed by atoms with Crippen LogP contribution in [0.15, 0.2) is 4.99 Å². The summed E-state index contributed by atoms with van der Waals surface area (Å²) in [6.45, 7) is 12.2. The molecule has 1 aliphatic rings. The van der Waals surface area contributed by atoms with Crippen molar-refractivity contribution in [1.29, 1.82) is 0 Å². The van der Waals surface area contributed by atoms with Crippen LogP contribution in [0.5, 0.6) is 0 Å². The number of hydrogen-bond acceptors (Lipinski definition) is 2. The SMILES string of the molecule is CCN1CCC(CCN=C(N)NCCC(C)C)CC1. The number of guanidine groups is 1. The zero-order chi connectivity index (χ0) is 14.1. The number of likely N-dealkylation sites (tertiary alicyclic amines) is 1. The summed E-state index contributed by atoms with van der Waals surface area (Å²) < 4.78 is 0. The van der Waals surface area contributed by atoms with Gasteiger partial charge in [0.15, 0.2) is 5.96 Å². The van der Waals surface area contributed by atoms with Crippen molar-refractivity contribution < 1.29 is 0 Å². The average Bonchev–Trinajstić information content (AvgIpc) is 2.39. The smallest absolute Gasteiger partial charge is 0.188 e. The molecule has 0 unspecified atom stereocenters. The van der Waals surface area contributed by atoms with E-state index in [-0.39, 0.29) is 0 Å². The molecule has 1 saturated heterocycles. The predicted molar refractivity (Wildman–Crippen MR) is 83.4 cm³/mol. The highest BCUT2D eigenvalue weighted by Gasteiger charge is 2.17. The number of hydrogen-bond donors (Lipinski definition) is 2. The molecule has 0 radical (unpaired) electrons. The molecule has 112 valence electrons. The maximum absolute atomic E-state index is 5.85. The minimum atomic E-state index is 0.617.